The van der Waals surface area contributed by atoms with Crippen molar-refractivity contribution in [2.45, 2.75) is 55.7 Å². The molecule has 202 valence electrons. The first-order valence-corrected chi connectivity index (χ1v) is 13.2. The predicted molar refractivity (Wildman–Crippen MR) is 97.9 cm³/mol. The number of hydrogen-bond acceptors (Lipinski definition) is 6. The summed E-state index contributed by atoms with van der Waals surface area (Å²) < 4.78 is 172. The number of imidazole rings is 1. The van der Waals surface area contributed by atoms with Gasteiger partial charge in [-0.15, -0.1) is 0 Å². The Bertz CT molecular complexity index is 1010. The maximum Gasteiger partial charge on any atom is 0.470 e. The van der Waals surface area contributed by atoms with E-state index in [4.69, 9.17) is 0 Å². The van der Waals surface area contributed by atoms with Crippen LogP contribution in [0.25, 0.3) is 0 Å². The molecule has 0 aliphatic rings. The van der Waals surface area contributed by atoms with Crippen molar-refractivity contribution < 1.29 is 69.3 Å². The number of rotatable bonds is 8. The third-order valence-electron chi connectivity index (χ3n) is 3.67. The monoisotopic (exact) mass is 578 g/mol. The summed E-state index contributed by atoms with van der Waals surface area (Å²) in [6, 6.07) is 0. The summed E-state index contributed by atoms with van der Waals surface area (Å²) in [6.07, 6.45) is 11.7. The quantitative estimate of drug-likeness (QED) is 0.203. The third-order valence-corrected chi connectivity index (χ3v) is 10.8. The van der Waals surface area contributed by atoms with Gasteiger partial charge in [0, 0.05) is 0 Å². The van der Waals surface area contributed by atoms with Crippen LogP contribution in [0.15, 0.2) is 18.7 Å². The molecule has 0 aromatic carbocycles. The van der Waals surface area contributed by atoms with E-state index in [0.29, 0.717) is 0 Å². The Morgan fingerprint density at radius 3 is 1.38 bits per heavy atom. The van der Waals surface area contributed by atoms with Crippen LogP contribution in [0.5, 0.6) is 0 Å². The van der Waals surface area contributed by atoms with Gasteiger partial charge in [-0.1, -0.05) is 19.8 Å². The number of alkyl halides is 9. The highest BCUT2D eigenvalue weighted by atomic mass is 32.3. The van der Waals surface area contributed by atoms with E-state index in [0.717, 1.165) is 0 Å². The van der Waals surface area contributed by atoms with Gasteiger partial charge in [0.05, 0.1) is 17.5 Å². The summed E-state index contributed by atoms with van der Waals surface area (Å²) in [6.45, 7) is 3.41. The summed E-state index contributed by atoms with van der Waals surface area (Å²) >= 11 is 0. The first-order valence-electron chi connectivity index (χ1n) is 8.76. The summed E-state index contributed by atoms with van der Waals surface area (Å²) in [5, 5.41) is 0. The highest BCUT2D eigenvalue weighted by Gasteiger charge is 2.63. The van der Waals surface area contributed by atoms with Crippen molar-refractivity contribution >= 4 is 29.5 Å². The number of hydrogen-bond donors (Lipinski definition) is 0. The zero-order valence-corrected chi connectivity index (χ0v) is 19.7. The molecule has 0 fully saturated rings. The van der Waals surface area contributed by atoms with Gasteiger partial charge < -0.3 is 0 Å². The zero-order chi connectivity index (χ0) is 27.4. The highest BCUT2D eigenvalue weighted by Crippen LogP contribution is 2.47. The Balaban J connectivity index is 0.000000757. The second-order valence-corrected chi connectivity index (χ2v) is 12.9. The molecule has 0 atom stereocenters. The molecule has 0 saturated heterocycles. The molecule has 0 spiro atoms. The molecule has 0 aliphatic carbocycles. The Hall–Kier alpha value is -1.57. The second kappa shape index (κ2) is 11.0. The zero-order valence-electron chi connectivity index (χ0n) is 17.2. The number of sulfone groups is 3. The van der Waals surface area contributed by atoms with Crippen LogP contribution in [-0.2, 0) is 43.1 Å². The summed E-state index contributed by atoms with van der Waals surface area (Å²) in [5.41, 5.74) is -21.2. The molecule has 34 heavy (non-hydrogen) atoms. The highest BCUT2D eigenvalue weighted by molar-refractivity contribution is 8.29. The second-order valence-electron chi connectivity index (χ2n) is 6.48. The lowest BCUT2D eigenvalue weighted by atomic mass is 10.2. The lowest BCUT2D eigenvalue weighted by Crippen LogP contribution is -2.47. The molecule has 0 amide bonds. The van der Waals surface area contributed by atoms with Crippen LogP contribution in [-0.4, -0.2) is 46.3 Å². The first kappa shape index (κ1) is 32.4. The van der Waals surface area contributed by atoms with Gasteiger partial charge in [-0.3, -0.25) is 25.3 Å². The summed E-state index contributed by atoms with van der Waals surface area (Å²) in [5.74, 6) is 0. The Labute approximate surface area is 189 Å². The molecule has 20 heteroatoms. The van der Waals surface area contributed by atoms with Gasteiger partial charge in [0.25, 0.3) is 0 Å². The first-order chi connectivity index (χ1) is 14.9. The van der Waals surface area contributed by atoms with Crippen LogP contribution in [0.4, 0.5) is 39.5 Å². The molecule has 1 aromatic heterocycles. The van der Waals surface area contributed by atoms with Crippen molar-refractivity contribution in [2.24, 2.45) is 7.05 Å². The molecule has 0 unspecified atom stereocenters. The van der Waals surface area contributed by atoms with Crippen LogP contribution in [0, 0.1) is 3.91 Å². The van der Waals surface area contributed by atoms with Crippen LogP contribution < -0.4 is 4.57 Å². The van der Waals surface area contributed by atoms with Crippen molar-refractivity contribution in [3.05, 3.63) is 22.6 Å². The van der Waals surface area contributed by atoms with Crippen molar-refractivity contribution in [2.75, 3.05) is 0 Å². The van der Waals surface area contributed by atoms with Gasteiger partial charge in [0.1, 0.15) is 12.4 Å². The predicted octanol–water partition coefficient (Wildman–Crippen LogP) is 3.13. The lowest BCUT2D eigenvalue weighted by Gasteiger charge is -2.31. The topological polar surface area (TPSA) is 111 Å². The average molecular weight is 578 g/mol. The number of halogens is 9. The minimum absolute atomic E-state index is 1.17. The fourth-order valence-electron chi connectivity index (χ4n) is 2.07. The van der Waals surface area contributed by atoms with Gasteiger partial charge in [0.2, 0.25) is 6.33 Å². The molecule has 0 saturated carbocycles. The van der Waals surface area contributed by atoms with E-state index in [-0.39, 0.29) is 0 Å². The molecule has 0 radical (unpaired) electrons. The number of nitrogens with zero attached hydrogens (tertiary/aromatic N) is 2. The van der Waals surface area contributed by atoms with Crippen molar-refractivity contribution in [1.82, 2.24) is 4.57 Å². The van der Waals surface area contributed by atoms with Crippen LogP contribution in [0.2, 0.25) is 0 Å². The van der Waals surface area contributed by atoms with Gasteiger partial charge in [-0.05, 0) is 12.8 Å². The van der Waals surface area contributed by atoms with Gasteiger partial charge in [-0.25, -0.2) is 9.13 Å². The van der Waals surface area contributed by atoms with Crippen LogP contribution in [0.3, 0.4) is 0 Å². The van der Waals surface area contributed by atoms with E-state index < -0.39 is 50.0 Å². The largest absolute Gasteiger partial charge is 0.470 e. The lowest BCUT2D eigenvalue weighted by molar-refractivity contribution is -0.671. The summed E-state index contributed by atoms with van der Waals surface area (Å²) in [4.78, 5) is 0. The molecule has 1 heterocycles. The van der Waals surface area contributed by atoms with Crippen molar-refractivity contribution in [1.29, 1.82) is 0 Å². The van der Waals surface area contributed by atoms with Crippen molar-refractivity contribution in [3.63, 3.8) is 0 Å². The van der Waals surface area contributed by atoms with E-state index in [2.05, 4.69) is 41.8 Å². The fourth-order valence-corrected chi connectivity index (χ4v) is 7.81. The van der Waals surface area contributed by atoms with E-state index in [1.165, 1.54) is 32.2 Å². The number of aromatic nitrogens is 2. The van der Waals surface area contributed by atoms with Crippen LogP contribution in [0.1, 0.15) is 32.6 Å². The smallest absolute Gasteiger partial charge is 0.251 e. The third kappa shape index (κ3) is 7.72. The molecule has 1 rings (SSSR count). The van der Waals surface area contributed by atoms with E-state index in [1.807, 2.05) is 0 Å². The van der Waals surface area contributed by atoms with Gasteiger partial charge >= 0.3 is 16.5 Å². The molecule has 1 aromatic rings. The molecule has 0 aliphatic heterocycles. The molecular weight excluding hydrogens is 559 g/mol. The maximum absolute atomic E-state index is 12.0. The SMILES string of the molecule is CCCCCCn1cc[n+](C)c1.O=S(=O)([C-](S(=O)(=O)C(F)(F)F)S(=O)(=O)C(F)(F)F)C(F)(F)F. The van der Waals surface area contributed by atoms with E-state index in [1.54, 1.807) is 0 Å². The minimum Gasteiger partial charge on any atom is -0.251 e. The minimum atomic E-state index is -8.02. The summed E-state index contributed by atoms with van der Waals surface area (Å²) in [7, 11) is -22.0. The molecule has 8 nitrogen and oxygen atoms in total. The van der Waals surface area contributed by atoms with Crippen LogP contribution >= 0.6 is 0 Å². The standard InChI is InChI=1S/C10H19N2.C4F9O6S3/c1-3-4-5-6-7-12-9-8-11(2)10-12;5-2(6,7)20(14,15)1(21(16,17)3(8,9)10)22(18,19)4(11,12)13/h8-10H,3-7H2,1-2H3;/q+1;-1. The molecule has 0 N–H and O–H groups in total. The number of unbranched alkanes of at least 4 members (excludes halogenated alkanes) is 3. The molecular formula is C14H19F9N2O6S3. The van der Waals surface area contributed by atoms with E-state index in [9.17, 15) is 64.8 Å². The normalized spacial score (nSPS) is 14.1. The number of aryl methyl sites for hydroxylation is 2. The molecule has 0 bridgehead atoms. The Kier molecular flexibility index (Phi) is 10.5. The van der Waals surface area contributed by atoms with Crippen molar-refractivity contribution in [3.8, 4) is 0 Å². The Morgan fingerprint density at radius 1 is 0.735 bits per heavy atom. The van der Waals surface area contributed by atoms with Gasteiger partial charge in [0.15, 0.2) is 29.5 Å². The fraction of sp³-hybridized carbons (Fsp3) is 0.714. The van der Waals surface area contributed by atoms with E-state index >= 15 is 0 Å². The maximum atomic E-state index is 12.0. The van der Waals surface area contributed by atoms with Gasteiger partial charge in [-0.2, -0.15) is 39.5 Å². The Morgan fingerprint density at radius 2 is 1.12 bits per heavy atom. The average Bonchev–Trinajstić information content (AvgIpc) is 3.01.